The fourth-order valence-electron chi connectivity index (χ4n) is 4.74. The summed E-state index contributed by atoms with van der Waals surface area (Å²) in [6.07, 6.45) is 6.22. The third-order valence-electron chi connectivity index (χ3n) is 6.21. The van der Waals surface area contributed by atoms with E-state index in [1.54, 1.807) is 14.2 Å². The number of ether oxygens (including phenoxy) is 2. The van der Waals surface area contributed by atoms with Gasteiger partial charge in [0.05, 0.1) is 26.0 Å². The van der Waals surface area contributed by atoms with Gasteiger partial charge in [0.2, 0.25) is 5.91 Å². The zero-order valence-corrected chi connectivity index (χ0v) is 16.2. The topological polar surface area (TPSA) is 63.2 Å². The van der Waals surface area contributed by atoms with Crippen molar-refractivity contribution in [1.82, 2.24) is 10.3 Å². The molecule has 2 fully saturated rings. The van der Waals surface area contributed by atoms with Crippen LogP contribution in [-0.2, 0) is 4.79 Å². The second kappa shape index (κ2) is 7.89. The summed E-state index contributed by atoms with van der Waals surface area (Å²) in [5.74, 6) is 1.92. The Morgan fingerprint density at radius 2 is 1.70 bits per heavy atom. The van der Waals surface area contributed by atoms with Crippen molar-refractivity contribution in [3.63, 3.8) is 0 Å². The molecule has 0 bridgehead atoms. The number of carbonyl (C=O) groups excluding carboxylic acids is 1. The van der Waals surface area contributed by atoms with E-state index < -0.39 is 0 Å². The maximum Gasteiger partial charge on any atom is 0.246 e. The van der Waals surface area contributed by atoms with E-state index in [1.165, 1.54) is 0 Å². The number of fused-ring (bicyclic) bond motifs is 1. The first kappa shape index (κ1) is 18.3. The highest BCUT2D eigenvalue weighted by molar-refractivity contribution is 6.07. The summed E-state index contributed by atoms with van der Waals surface area (Å²) in [5, 5.41) is 10.1. The molecule has 1 amide bonds. The summed E-state index contributed by atoms with van der Waals surface area (Å²) in [5.41, 5.74) is 2.08. The van der Waals surface area contributed by atoms with Gasteiger partial charge in [-0.3, -0.25) is 4.79 Å². The van der Waals surface area contributed by atoms with E-state index in [1.807, 2.05) is 23.2 Å². The average Bonchev–Trinajstić information content (AvgIpc) is 2.74. The van der Waals surface area contributed by atoms with Gasteiger partial charge in [0.25, 0.3) is 0 Å². The van der Waals surface area contributed by atoms with Gasteiger partial charge in [-0.1, -0.05) is 12.8 Å². The van der Waals surface area contributed by atoms with Crippen molar-refractivity contribution in [3.05, 3.63) is 23.8 Å². The molecule has 146 valence electrons. The molecule has 6 heteroatoms. The summed E-state index contributed by atoms with van der Waals surface area (Å²) in [6, 6.07) is 6.18. The van der Waals surface area contributed by atoms with Crippen LogP contribution in [0.1, 0.15) is 44.1 Å². The first-order valence-corrected chi connectivity index (χ1v) is 10.1. The van der Waals surface area contributed by atoms with Gasteiger partial charge in [0.1, 0.15) is 0 Å². The second-order valence-electron chi connectivity index (χ2n) is 7.72. The minimum atomic E-state index is 0.0641. The number of amides is 1. The van der Waals surface area contributed by atoms with E-state index in [0.29, 0.717) is 11.5 Å². The van der Waals surface area contributed by atoms with Gasteiger partial charge >= 0.3 is 0 Å². The van der Waals surface area contributed by atoms with Crippen molar-refractivity contribution >= 4 is 11.6 Å². The fourth-order valence-corrected chi connectivity index (χ4v) is 4.74. The monoisotopic (exact) mass is 371 g/mol. The Labute approximate surface area is 160 Å². The van der Waals surface area contributed by atoms with E-state index in [2.05, 4.69) is 5.32 Å². The lowest BCUT2D eigenvalue weighted by molar-refractivity contribution is -0.142. The molecule has 0 unspecified atom stereocenters. The minimum absolute atomic E-state index is 0.0641. The summed E-state index contributed by atoms with van der Waals surface area (Å²) in [6.45, 7) is 1.90. The van der Waals surface area contributed by atoms with Crippen LogP contribution in [-0.4, -0.2) is 50.0 Å². The number of rotatable bonds is 4. The SMILES string of the molecule is COc1ccc(C2=NN(C3CCNCC3)C(=O)[C@H]3CCCC[C@@H]23)cc1OC. The van der Waals surface area contributed by atoms with E-state index in [9.17, 15) is 4.79 Å². The van der Waals surface area contributed by atoms with Gasteiger partial charge in [0.15, 0.2) is 11.5 Å². The quantitative estimate of drug-likeness (QED) is 0.884. The van der Waals surface area contributed by atoms with Crippen LogP contribution in [0.4, 0.5) is 0 Å². The number of nitrogens with one attached hydrogen (secondary N) is 1. The smallest absolute Gasteiger partial charge is 0.246 e. The third-order valence-corrected chi connectivity index (χ3v) is 6.21. The van der Waals surface area contributed by atoms with E-state index in [-0.39, 0.29) is 23.8 Å². The van der Waals surface area contributed by atoms with Gasteiger partial charge < -0.3 is 14.8 Å². The van der Waals surface area contributed by atoms with Crippen LogP contribution in [0.5, 0.6) is 11.5 Å². The normalized spacial score (nSPS) is 26.4. The highest BCUT2D eigenvalue weighted by Gasteiger charge is 2.43. The maximum absolute atomic E-state index is 13.2. The Morgan fingerprint density at radius 3 is 2.41 bits per heavy atom. The molecule has 1 aliphatic carbocycles. The second-order valence-corrected chi connectivity index (χ2v) is 7.72. The van der Waals surface area contributed by atoms with Crippen molar-refractivity contribution in [3.8, 4) is 11.5 Å². The molecule has 27 heavy (non-hydrogen) atoms. The molecule has 1 saturated heterocycles. The summed E-state index contributed by atoms with van der Waals surface area (Å²) in [7, 11) is 3.29. The number of hydrazone groups is 1. The Kier molecular flexibility index (Phi) is 5.34. The van der Waals surface area contributed by atoms with Crippen LogP contribution in [0.25, 0.3) is 0 Å². The zero-order valence-electron chi connectivity index (χ0n) is 16.2. The molecule has 0 spiro atoms. The molecule has 1 aromatic rings. The number of piperidine rings is 1. The number of benzene rings is 1. The number of hydrogen-bond acceptors (Lipinski definition) is 5. The largest absolute Gasteiger partial charge is 0.493 e. The van der Waals surface area contributed by atoms with Crippen molar-refractivity contribution in [1.29, 1.82) is 0 Å². The average molecular weight is 371 g/mol. The Hall–Kier alpha value is -2.08. The maximum atomic E-state index is 13.2. The molecule has 0 aromatic heterocycles. The Morgan fingerprint density at radius 1 is 1.00 bits per heavy atom. The number of nitrogens with zero attached hydrogens (tertiary/aromatic N) is 2. The van der Waals surface area contributed by atoms with Crippen molar-refractivity contribution in [2.45, 2.75) is 44.6 Å². The van der Waals surface area contributed by atoms with Crippen molar-refractivity contribution in [2.24, 2.45) is 16.9 Å². The molecular weight excluding hydrogens is 342 g/mol. The van der Waals surface area contributed by atoms with Crippen LogP contribution in [0, 0.1) is 11.8 Å². The highest BCUT2D eigenvalue weighted by atomic mass is 16.5. The molecule has 4 rings (SSSR count). The lowest BCUT2D eigenvalue weighted by Gasteiger charge is -2.42. The van der Waals surface area contributed by atoms with E-state index in [0.717, 1.165) is 62.9 Å². The molecule has 2 heterocycles. The summed E-state index contributed by atoms with van der Waals surface area (Å²) in [4.78, 5) is 13.2. The molecular formula is C21H29N3O3. The first-order valence-electron chi connectivity index (χ1n) is 10.1. The standard InChI is InChI=1S/C21H29N3O3/c1-26-18-8-7-14(13-19(18)27-2)20-16-5-3-4-6-17(16)21(25)24(23-20)15-9-11-22-12-10-15/h7-8,13,15-17,22H,3-6,9-12H2,1-2H3/t16-,17+/m1/s1. The zero-order chi connectivity index (χ0) is 18.8. The molecule has 1 aromatic carbocycles. The van der Waals surface area contributed by atoms with Gasteiger partial charge in [0, 0.05) is 17.4 Å². The third kappa shape index (κ3) is 3.43. The lowest BCUT2D eigenvalue weighted by atomic mass is 9.73. The molecule has 2 atom stereocenters. The summed E-state index contributed by atoms with van der Waals surface area (Å²) < 4.78 is 10.9. The van der Waals surface area contributed by atoms with E-state index in [4.69, 9.17) is 14.6 Å². The van der Waals surface area contributed by atoms with Crippen LogP contribution < -0.4 is 14.8 Å². The lowest BCUT2D eigenvalue weighted by Crippen LogP contribution is -2.52. The van der Waals surface area contributed by atoms with Gasteiger partial charge in [-0.2, -0.15) is 5.10 Å². The molecule has 0 radical (unpaired) electrons. The fraction of sp³-hybridized carbons (Fsp3) is 0.619. The van der Waals surface area contributed by atoms with Crippen molar-refractivity contribution in [2.75, 3.05) is 27.3 Å². The molecule has 6 nitrogen and oxygen atoms in total. The van der Waals surface area contributed by atoms with Crippen LogP contribution in [0.15, 0.2) is 23.3 Å². The first-order chi connectivity index (χ1) is 13.2. The molecule has 1 saturated carbocycles. The Bertz CT molecular complexity index is 727. The van der Waals surface area contributed by atoms with Crippen LogP contribution in [0.2, 0.25) is 0 Å². The molecule has 3 aliphatic rings. The van der Waals surface area contributed by atoms with Crippen LogP contribution >= 0.6 is 0 Å². The highest BCUT2D eigenvalue weighted by Crippen LogP contribution is 2.40. The number of carbonyl (C=O) groups is 1. The van der Waals surface area contributed by atoms with Gasteiger partial charge in [-0.05, 0) is 57.0 Å². The molecule has 1 N–H and O–H groups in total. The molecule has 2 aliphatic heterocycles. The van der Waals surface area contributed by atoms with Gasteiger partial charge in [-0.15, -0.1) is 0 Å². The Balaban J connectivity index is 1.74. The predicted molar refractivity (Wildman–Crippen MR) is 104 cm³/mol. The summed E-state index contributed by atoms with van der Waals surface area (Å²) >= 11 is 0. The minimum Gasteiger partial charge on any atom is -0.493 e. The number of methoxy groups -OCH3 is 2. The number of hydrogen-bond donors (Lipinski definition) is 1. The van der Waals surface area contributed by atoms with Crippen molar-refractivity contribution < 1.29 is 14.3 Å². The van der Waals surface area contributed by atoms with Crippen LogP contribution in [0.3, 0.4) is 0 Å². The predicted octanol–water partition coefficient (Wildman–Crippen LogP) is 2.81. The van der Waals surface area contributed by atoms with Gasteiger partial charge in [-0.25, -0.2) is 5.01 Å². The van der Waals surface area contributed by atoms with E-state index >= 15 is 0 Å².